The van der Waals surface area contributed by atoms with Crippen LogP contribution in [0.3, 0.4) is 0 Å². The summed E-state index contributed by atoms with van der Waals surface area (Å²) in [6.07, 6.45) is 0.0597. The molecule has 0 saturated carbocycles. The fourth-order valence-corrected chi connectivity index (χ4v) is 4.24. The van der Waals surface area contributed by atoms with E-state index in [1.54, 1.807) is 6.92 Å². The Hall–Kier alpha value is -2.83. The highest BCUT2D eigenvalue weighted by Gasteiger charge is 2.60. The predicted molar refractivity (Wildman–Crippen MR) is 107 cm³/mol. The third-order valence-corrected chi connectivity index (χ3v) is 5.53. The van der Waals surface area contributed by atoms with Crippen LogP contribution in [0.1, 0.15) is 46.1 Å². The number of rotatable bonds is 7. The summed E-state index contributed by atoms with van der Waals surface area (Å²) in [5.41, 5.74) is -0.785. The summed E-state index contributed by atoms with van der Waals surface area (Å²) in [7, 11) is 1.27. The smallest absolute Gasteiger partial charge is 0.354 e. The van der Waals surface area contributed by atoms with Crippen molar-refractivity contribution in [2.24, 2.45) is 10.8 Å². The second-order valence-corrected chi connectivity index (χ2v) is 8.22. The number of methoxy groups -OCH3 is 1. The van der Waals surface area contributed by atoms with Crippen molar-refractivity contribution in [1.29, 1.82) is 0 Å². The Bertz CT molecular complexity index is 808. The first kappa shape index (κ1) is 22.5. The van der Waals surface area contributed by atoms with Gasteiger partial charge in [-0.1, -0.05) is 51.1 Å². The normalized spacial score (nSPS) is 21.5. The van der Waals surface area contributed by atoms with Crippen LogP contribution in [0.4, 0.5) is 0 Å². The average Bonchev–Trinajstić information content (AvgIpc) is 2.98. The Kier molecular flexibility index (Phi) is 6.72. The molecule has 0 saturated heterocycles. The predicted octanol–water partition coefficient (Wildman–Crippen LogP) is 3.05. The zero-order valence-corrected chi connectivity index (χ0v) is 17.6. The highest BCUT2D eigenvalue weighted by atomic mass is 16.5. The zero-order valence-electron chi connectivity index (χ0n) is 17.6. The van der Waals surface area contributed by atoms with Gasteiger partial charge in [0.05, 0.1) is 7.11 Å². The van der Waals surface area contributed by atoms with Crippen LogP contribution in [-0.2, 0) is 30.5 Å². The number of hydrogen-bond acceptors (Lipinski definition) is 6. The van der Waals surface area contributed by atoms with Crippen molar-refractivity contribution in [2.75, 3.05) is 7.11 Å². The zero-order chi connectivity index (χ0) is 21.8. The van der Waals surface area contributed by atoms with Crippen molar-refractivity contribution in [3.05, 3.63) is 47.2 Å². The summed E-state index contributed by atoms with van der Waals surface area (Å²) in [6.45, 7) is 7.25. The van der Waals surface area contributed by atoms with Crippen molar-refractivity contribution in [1.82, 2.24) is 5.32 Å². The lowest BCUT2D eigenvalue weighted by molar-refractivity contribution is -0.154. The molecular formula is C22H29NO6. The summed E-state index contributed by atoms with van der Waals surface area (Å²) in [5, 5.41) is 13.3. The largest absolute Gasteiger partial charge is 0.481 e. The molecule has 0 spiro atoms. The van der Waals surface area contributed by atoms with Gasteiger partial charge in [-0.2, -0.15) is 0 Å². The van der Waals surface area contributed by atoms with Gasteiger partial charge in [-0.3, -0.25) is 9.59 Å². The maximum absolute atomic E-state index is 12.9. The molecule has 29 heavy (non-hydrogen) atoms. The molecular weight excluding hydrogens is 374 g/mol. The minimum atomic E-state index is -1.37. The Balaban J connectivity index is 2.44. The van der Waals surface area contributed by atoms with Crippen LogP contribution in [0, 0.1) is 10.8 Å². The van der Waals surface area contributed by atoms with E-state index in [1.165, 1.54) is 7.11 Å². The Morgan fingerprint density at radius 1 is 1.17 bits per heavy atom. The third-order valence-electron chi connectivity index (χ3n) is 5.53. The van der Waals surface area contributed by atoms with E-state index in [9.17, 15) is 19.5 Å². The second kappa shape index (κ2) is 8.68. The molecule has 1 aromatic rings. The first-order chi connectivity index (χ1) is 13.6. The van der Waals surface area contributed by atoms with Gasteiger partial charge in [0.2, 0.25) is 0 Å². The third kappa shape index (κ3) is 4.28. The van der Waals surface area contributed by atoms with E-state index in [0.717, 1.165) is 5.56 Å². The van der Waals surface area contributed by atoms with E-state index in [1.807, 2.05) is 51.1 Å². The van der Waals surface area contributed by atoms with Gasteiger partial charge in [-0.05, 0) is 29.9 Å². The van der Waals surface area contributed by atoms with E-state index in [4.69, 9.17) is 9.47 Å². The number of ether oxygens (including phenoxy) is 2. The van der Waals surface area contributed by atoms with Gasteiger partial charge in [0, 0.05) is 12.5 Å². The molecule has 0 bridgehead atoms. The number of benzene rings is 1. The first-order valence-electron chi connectivity index (χ1n) is 9.57. The van der Waals surface area contributed by atoms with Crippen molar-refractivity contribution < 1.29 is 29.0 Å². The summed E-state index contributed by atoms with van der Waals surface area (Å²) in [4.78, 5) is 37.1. The first-order valence-corrected chi connectivity index (χ1v) is 9.57. The molecule has 158 valence electrons. The highest BCUT2D eigenvalue weighted by molar-refractivity contribution is 5.94. The fourth-order valence-electron chi connectivity index (χ4n) is 4.24. The number of hydrogen-bond donors (Lipinski definition) is 2. The lowest BCUT2D eigenvalue weighted by Gasteiger charge is -2.43. The van der Waals surface area contributed by atoms with Gasteiger partial charge in [-0.25, -0.2) is 4.79 Å². The van der Waals surface area contributed by atoms with Crippen molar-refractivity contribution in [3.8, 4) is 0 Å². The molecule has 2 N–H and O–H groups in total. The number of nitrogens with one attached hydrogen (secondary N) is 1. The molecule has 0 unspecified atom stereocenters. The quantitative estimate of drug-likeness (QED) is 0.675. The molecule has 1 aromatic carbocycles. The molecule has 2 rings (SSSR count). The van der Waals surface area contributed by atoms with E-state index in [0.29, 0.717) is 5.57 Å². The van der Waals surface area contributed by atoms with Crippen LogP contribution in [-0.4, -0.2) is 36.2 Å². The maximum atomic E-state index is 12.9. The topological polar surface area (TPSA) is 102 Å². The lowest BCUT2D eigenvalue weighted by Crippen LogP contribution is -2.52. The lowest BCUT2D eigenvalue weighted by atomic mass is 9.59. The van der Waals surface area contributed by atoms with Crippen molar-refractivity contribution in [3.63, 3.8) is 0 Å². The minimum Gasteiger partial charge on any atom is -0.481 e. The van der Waals surface area contributed by atoms with E-state index >= 15 is 0 Å². The van der Waals surface area contributed by atoms with Crippen LogP contribution in [0.25, 0.3) is 0 Å². The van der Waals surface area contributed by atoms with Gasteiger partial charge in [0.15, 0.2) is 0 Å². The molecule has 2 atom stereocenters. The summed E-state index contributed by atoms with van der Waals surface area (Å²) in [6, 6.07) is 8.66. The van der Waals surface area contributed by atoms with Gasteiger partial charge >= 0.3 is 17.9 Å². The Morgan fingerprint density at radius 2 is 1.79 bits per heavy atom. The van der Waals surface area contributed by atoms with Crippen LogP contribution < -0.4 is 5.32 Å². The van der Waals surface area contributed by atoms with Crippen LogP contribution in [0.15, 0.2) is 41.6 Å². The van der Waals surface area contributed by atoms with Gasteiger partial charge in [-0.15, -0.1) is 0 Å². The van der Waals surface area contributed by atoms with Crippen LogP contribution in [0.5, 0.6) is 0 Å². The van der Waals surface area contributed by atoms with Crippen LogP contribution in [0.2, 0.25) is 0 Å². The summed E-state index contributed by atoms with van der Waals surface area (Å²) < 4.78 is 10.1. The molecule has 1 aliphatic heterocycles. The number of carbonyl (C=O) groups is 3. The molecule has 0 fully saturated rings. The number of aliphatic carboxylic acids is 1. The number of carboxylic acids is 1. The molecule has 1 aliphatic rings. The number of carbonyl (C=O) groups excluding carboxylic acids is 2. The second-order valence-electron chi connectivity index (χ2n) is 8.22. The average molecular weight is 403 g/mol. The maximum Gasteiger partial charge on any atom is 0.354 e. The summed E-state index contributed by atoms with van der Waals surface area (Å²) in [5.74, 6) is -2.15. The monoisotopic (exact) mass is 403 g/mol. The molecule has 0 radical (unpaired) electrons. The van der Waals surface area contributed by atoms with E-state index in [2.05, 4.69) is 5.32 Å². The molecule has 7 heteroatoms. The van der Waals surface area contributed by atoms with Crippen molar-refractivity contribution in [2.45, 2.75) is 53.2 Å². The molecule has 1 heterocycles. The molecule has 0 amide bonds. The van der Waals surface area contributed by atoms with Gasteiger partial charge in [0.25, 0.3) is 0 Å². The molecule has 0 aliphatic carbocycles. The van der Waals surface area contributed by atoms with Crippen molar-refractivity contribution >= 4 is 17.9 Å². The summed E-state index contributed by atoms with van der Waals surface area (Å²) >= 11 is 0. The van der Waals surface area contributed by atoms with E-state index in [-0.39, 0.29) is 25.1 Å². The number of carboxylic acid groups (broad SMARTS) is 1. The van der Waals surface area contributed by atoms with E-state index < -0.39 is 34.8 Å². The van der Waals surface area contributed by atoms with Crippen LogP contribution >= 0.6 is 0 Å². The van der Waals surface area contributed by atoms with Gasteiger partial charge in [0.1, 0.15) is 17.7 Å². The van der Waals surface area contributed by atoms with Gasteiger partial charge < -0.3 is 19.9 Å². The molecule has 0 aromatic heterocycles. The minimum absolute atomic E-state index is 0.0270. The fraction of sp³-hybridized carbons (Fsp3) is 0.500. The SMILES string of the molecule is COC(=O)CCC1=C(C(=O)OCc2ccccc2)N[C@@H](C)[C@@]1(C(=O)O)C(C)(C)C. The Labute approximate surface area is 171 Å². The standard InChI is InChI=1S/C22H29NO6/c1-14-22(20(26)27,21(2,3)4)16(11-12-17(24)28-5)18(23-14)19(25)29-13-15-9-7-6-8-10-15/h6-10,14,23H,11-13H2,1-5H3,(H,26,27)/t14-,22+/m0/s1. The molecule has 7 nitrogen and oxygen atoms in total. The highest BCUT2D eigenvalue weighted by Crippen LogP contribution is 2.53. The Morgan fingerprint density at radius 3 is 2.31 bits per heavy atom. The number of esters is 2.